The van der Waals surface area contributed by atoms with Crippen LogP contribution in [0.5, 0.6) is 0 Å². The molecule has 1 aliphatic rings. The summed E-state index contributed by atoms with van der Waals surface area (Å²) in [5, 5.41) is 7.57. The van der Waals surface area contributed by atoms with Gasteiger partial charge in [0.1, 0.15) is 0 Å². The van der Waals surface area contributed by atoms with Crippen molar-refractivity contribution in [2.75, 3.05) is 13.1 Å². The molecule has 5 heteroatoms. The Kier molecular flexibility index (Phi) is 4.31. The number of benzene rings is 1. The fourth-order valence-corrected chi connectivity index (χ4v) is 3.64. The molecule has 0 radical (unpaired) electrons. The number of aromatic nitrogens is 2. The zero-order valence-corrected chi connectivity index (χ0v) is 13.4. The second-order valence-corrected chi connectivity index (χ2v) is 6.65. The first-order chi connectivity index (χ1) is 10.2. The van der Waals surface area contributed by atoms with Crippen molar-refractivity contribution in [2.45, 2.75) is 42.8 Å². The van der Waals surface area contributed by atoms with Gasteiger partial charge in [-0.05, 0) is 37.9 Å². The van der Waals surface area contributed by atoms with Gasteiger partial charge in [-0.1, -0.05) is 30.3 Å². The minimum atomic E-state index is 0.0403. The average Bonchev–Trinajstić information content (AvgIpc) is 3.16. The van der Waals surface area contributed by atoms with E-state index in [0.29, 0.717) is 0 Å². The molecule has 2 heterocycles. The smallest absolute Gasteiger partial charge is 0.234 e. The molecule has 2 aromatic rings. The standard InChI is InChI=1S/C16H21N3OS/c1-3-16(8-9-17-11-16)15-18-14(19-20-15)10-21-13-7-5-4-6-12(13)2/h4-7,17H,3,8-11H2,1-2H3. The molecule has 1 aromatic heterocycles. The quantitative estimate of drug-likeness (QED) is 0.859. The van der Waals surface area contributed by atoms with Crippen LogP contribution in [0.1, 0.15) is 37.0 Å². The lowest BCUT2D eigenvalue weighted by molar-refractivity contribution is 0.284. The Morgan fingerprint density at radius 2 is 2.24 bits per heavy atom. The molecule has 1 aliphatic heterocycles. The molecule has 3 rings (SSSR count). The van der Waals surface area contributed by atoms with Crippen molar-refractivity contribution in [3.63, 3.8) is 0 Å². The highest BCUT2D eigenvalue weighted by atomic mass is 32.2. The molecular formula is C16H21N3OS. The van der Waals surface area contributed by atoms with Crippen molar-refractivity contribution in [1.82, 2.24) is 15.5 Å². The lowest BCUT2D eigenvalue weighted by atomic mass is 9.84. The third-order valence-electron chi connectivity index (χ3n) is 4.29. The summed E-state index contributed by atoms with van der Waals surface area (Å²) in [5.41, 5.74) is 1.33. The normalized spacial score (nSPS) is 21.8. The van der Waals surface area contributed by atoms with Gasteiger partial charge in [-0.15, -0.1) is 11.8 Å². The second kappa shape index (κ2) is 6.20. The Morgan fingerprint density at radius 1 is 1.38 bits per heavy atom. The third kappa shape index (κ3) is 2.99. The van der Waals surface area contributed by atoms with Crippen molar-refractivity contribution >= 4 is 11.8 Å². The summed E-state index contributed by atoms with van der Waals surface area (Å²) >= 11 is 1.76. The van der Waals surface area contributed by atoms with Gasteiger partial charge in [0, 0.05) is 11.4 Å². The highest BCUT2D eigenvalue weighted by Crippen LogP contribution is 2.33. The van der Waals surface area contributed by atoms with E-state index < -0.39 is 0 Å². The van der Waals surface area contributed by atoms with E-state index in [1.165, 1.54) is 10.5 Å². The van der Waals surface area contributed by atoms with E-state index >= 15 is 0 Å². The maximum absolute atomic E-state index is 5.55. The first kappa shape index (κ1) is 14.6. The first-order valence-electron chi connectivity index (χ1n) is 7.46. The maximum Gasteiger partial charge on any atom is 0.234 e. The number of rotatable bonds is 5. The molecule has 0 aliphatic carbocycles. The van der Waals surface area contributed by atoms with Crippen LogP contribution in [0.3, 0.4) is 0 Å². The van der Waals surface area contributed by atoms with Crippen molar-refractivity contribution in [3.05, 3.63) is 41.5 Å². The minimum absolute atomic E-state index is 0.0403. The minimum Gasteiger partial charge on any atom is -0.339 e. The Bertz CT molecular complexity index is 605. The number of nitrogens with one attached hydrogen (secondary N) is 1. The van der Waals surface area contributed by atoms with Gasteiger partial charge < -0.3 is 9.84 Å². The van der Waals surface area contributed by atoms with Crippen LogP contribution in [0, 0.1) is 6.92 Å². The second-order valence-electron chi connectivity index (χ2n) is 5.63. The molecule has 0 amide bonds. The van der Waals surface area contributed by atoms with E-state index in [2.05, 4.69) is 53.6 Å². The molecule has 4 nitrogen and oxygen atoms in total. The maximum atomic E-state index is 5.55. The SMILES string of the molecule is CCC1(c2nc(CSc3ccccc3C)no2)CCNC1. The van der Waals surface area contributed by atoms with Gasteiger partial charge in [-0.2, -0.15) is 4.98 Å². The summed E-state index contributed by atoms with van der Waals surface area (Å²) in [7, 11) is 0. The molecule has 1 saturated heterocycles. The largest absolute Gasteiger partial charge is 0.339 e. The molecule has 21 heavy (non-hydrogen) atoms. The van der Waals surface area contributed by atoms with E-state index in [4.69, 9.17) is 4.52 Å². The number of hydrogen-bond donors (Lipinski definition) is 1. The van der Waals surface area contributed by atoms with Gasteiger partial charge in [-0.25, -0.2) is 0 Å². The zero-order valence-electron chi connectivity index (χ0n) is 12.6. The number of hydrogen-bond acceptors (Lipinski definition) is 5. The monoisotopic (exact) mass is 303 g/mol. The van der Waals surface area contributed by atoms with Crippen molar-refractivity contribution < 1.29 is 4.52 Å². The molecule has 0 spiro atoms. The Hall–Kier alpha value is -1.33. The lowest BCUT2D eigenvalue weighted by Crippen LogP contribution is -2.28. The fourth-order valence-electron chi connectivity index (χ4n) is 2.77. The predicted molar refractivity (Wildman–Crippen MR) is 84.5 cm³/mol. The van der Waals surface area contributed by atoms with E-state index in [1.54, 1.807) is 11.8 Å². The van der Waals surface area contributed by atoms with Crippen LogP contribution in [-0.4, -0.2) is 23.2 Å². The molecule has 112 valence electrons. The van der Waals surface area contributed by atoms with Gasteiger partial charge in [-0.3, -0.25) is 0 Å². The number of aryl methyl sites for hydroxylation is 1. The van der Waals surface area contributed by atoms with Gasteiger partial charge >= 0.3 is 0 Å². The molecule has 1 aromatic carbocycles. The zero-order chi connectivity index (χ0) is 14.7. The summed E-state index contributed by atoms with van der Waals surface area (Å²) in [6, 6.07) is 8.38. The molecule has 1 unspecified atom stereocenters. The fraction of sp³-hybridized carbons (Fsp3) is 0.500. The van der Waals surface area contributed by atoms with Gasteiger partial charge in [0.05, 0.1) is 11.2 Å². The molecule has 0 bridgehead atoms. The van der Waals surface area contributed by atoms with E-state index in [9.17, 15) is 0 Å². The van der Waals surface area contributed by atoms with Gasteiger partial charge in [0.25, 0.3) is 0 Å². The van der Waals surface area contributed by atoms with Crippen LogP contribution in [-0.2, 0) is 11.2 Å². The third-order valence-corrected chi connectivity index (χ3v) is 5.46. The van der Waals surface area contributed by atoms with Crippen LogP contribution in [0.4, 0.5) is 0 Å². The van der Waals surface area contributed by atoms with Crippen molar-refractivity contribution in [1.29, 1.82) is 0 Å². The van der Waals surface area contributed by atoms with Gasteiger partial charge in [0.15, 0.2) is 5.82 Å². The van der Waals surface area contributed by atoms with Crippen LogP contribution in [0.2, 0.25) is 0 Å². The summed E-state index contributed by atoms with van der Waals surface area (Å²) in [4.78, 5) is 5.92. The van der Waals surface area contributed by atoms with E-state index in [-0.39, 0.29) is 5.41 Å². The van der Waals surface area contributed by atoms with Crippen LogP contribution in [0.15, 0.2) is 33.7 Å². The molecule has 1 fully saturated rings. The molecule has 1 N–H and O–H groups in total. The Labute approximate surface area is 129 Å². The summed E-state index contributed by atoms with van der Waals surface area (Å²) < 4.78 is 5.55. The summed E-state index contributed by atoms with van der Waals surface area (Å²) in [6.07, 6.45) is 2.11. The van der Waals surface area contributed by atoms with Crippen molar-refractivity contribution in [3.8, 4) is 0 Å². The topological polar surface area (TPSA) is 51.0 Å². The molecule has 1 atom stereocenters. The van der Waals surface area contributed by atoms with Crippen LogP contribution >= 0.6 is 11.8 Å². The average molecular weight is 303 g/mol. The Morgan fingerprint density at radius 3 is 2.95 bits per heavy atom. The highest BCUT2D eigenvalue weighted by Gasteiger charge is 2.39. The predicted octanol–water partition coefficient (Wildman–Crippen LogP) is 3.31. The summed E-state index contributed by atoms with van der Waals surface area (Å²) in [6.45, 7) is 6.29. The van der Waals surface area contributed by atoms with Gasteiger partial charge in [0.2, 0.25) is 5.89 Å². The van der Waals surface area contributed by atoms with Crippen molar-refractivity contribution in [2.24, 2.45) is 0 Å². The lowest BCUT2D eigenvalue weighted by Gasteiger charge is -2.20. The Balaban J connectivity index is 1.69. The number of nitrogens with zero attached hydrogens (tertiary/aromatic N) is 2. The van der Waals surface area contributed by atoms with Crippen LogP contribution < -0.4 is 5.32 Å². The van der Waals surface area contributed by atoms with Crippen LogP contribution in [0.25, 0.3) is 0 Å². The first-order valence-corrected chi connectivity index (χ1v) is 8.44. The number of thioether (sulfide) groups is 1. The highest BCUT2D eigenvalue weighted by molar-refractivity contribution is 7.98. The van der Waals surface area contributed by atoms with E-state index in [0.717, 1.165) is 43.4 Å². The molecular weight excluding hydrogens is 282 g/mol. The summed E-state index contributed by atoms with van der Waals surface area (Å²) in [5.74, 6) is 2.34. The van der Waals surface area contributed by atoms with E-state index in [1.807, 2.05) is 0 Å². The molecule has 0 saturated carbocycles.